The van der Waals surface area contributed by atoms with Crippen LogP contribution in [0.25, 0.3) is 76.5 Å². The number of aromatic nitrogens is 8. The minimum absolute atomic E-state index is 0.120. The molecule has 8 heterocycles. The molecule has 0 atom stereocenters. The van der Waals surface area contributed by atoms with Gasteiger partial charge in [-0.2, -0.15) is 0 Å². The van der Waals surface area contributed by atoms with Crippen molar-refractivity contribution in [2.75, 3.05) is 19.6 Å². The molecular weight excluding hydrogens is 1270 g/mol. The van der Waals surface area contributed by atoms with Crippen LogP contribution in [-0.4, -0.2) is 39.9 Å². The summed E-state index contributed by atoms with van der Waals surface area (Å²) in [5.74, 6) is 0. The normalized spacial score (nSPS) is 12.4. The quantitative estimate of drug-likeness (QED) is 0.108. The molecule has 0 radical (unpaired) electrons. The second kappa shape index (κ2) is 25.0. The molecule has 0 fully saturated rings. The van der Waals surface area contributed by atoms with Gasteiger partial charge in [0.05, 0.1) is 45.5 Å². The summed E-state index contributed by atoms with van der Waals surface area (Å²) in [6.45, 7) is 36.0. The van der Waals surface area contributed by atoms with Crippen molar-refractivity contribution in [1.29, 1.82) is 0 Å². The third-order valence-corrected chi connectivity index (χ3v) is 20.8. The molecule has 12 heteroatoms. The van der Waals surface area contributed by atoms with Gasteiger partial charge in [-0.15, -0.1) is 0 Å². The van der Waals surface area contributed by atoms with E-state index in [-0.39, 0.29) is 21.7 Å². The number of pyridine rings is 8. The van der Waals surface area contributed by atoms with Gasteiger partial charge in [0.25, 0.3) is 0 Å². The maximum absolute atomic E-state index is 5.03. The van der Waals surface area contributed by atoms with Crippen molar-refractivity contribution in [2.45, 2.75) is 132 Å². The average Bonchev–Trinajstić information content (AvgIpc) is 0.695. The van der Waals surface area contributed by atoms with Gasteiger partial charge in [0.1, 0.15) is 0 Å². The fraction of sp³-hybridized carbons (Fsp3) is 0.217. The average molecular weight is 1360 g/mol. The molecule has 514 valence electrons. The lowest BCUT2D eigenvalue weighted by atomic mass is 9.86. The van der Waals surface area contributed by atoms with Gasteiger partial charge in [0, 0.05) is 126 Å². The van der Waals surface area contributed by atoms with Crippen molar-refractivity contribution in [3.63, 3.8) is 0 Å². The molecule has 0 aliphatic carbocycles. The number of hydrogen-bond acceptors (Lipinski definition) is 12. The van der Waals surface area contributed by atoms with E-state index in [0.717, 1.165) is 144 Å². The third-order valence-electron chi connectivity index (χ3n) is 20.8. The summed E-state index contributed by atoms with van der Waals surface area (Å²) < 4.78 is 0. The zero-order valence-electron chi connectivity index (χ0n) is 62.3. The van der Waals surface area contributed by atoms with E-state index >= 15 is 0 Å². The summed E-state index contributed by atoms with van der Waals surface area (Å²) in [6.07, 6.45) is 15.3. The summed E-state index contributed by atoms with van der Waals surface area (Å²) in [7, 11) is 0. The van der Waals surface area contributed by atoms with Crippen LogP contribution in [-0.2, 0) is 21.7 Å². The molecule has 0 N–H and O–H groups in total. The number of anilines is 12. The molecule has 0 unspecified atom stereocenters. The Morgan fingerprint density at radius 3 is 0.625 bits per heavy atom. The topological polar surface area (TPSA) is 116 Å². The molecule has 0 saturated carbocycles. The molecule has 16 aromatic rings. The van der Waals surface area contributed by atoms with Crippen LogP contribution >= 0.6 is 0 Å². The van der Waals surface area contributed by atoms with Crippen LogP contribution in [0.5, 0.6) is 0 Å². The SMILES string of the molecule is Cc1cnc2ncccc2c1N(c1ccc(C(C)(C)C)cc1)c1cc(N(c2ccc(C(C)(C)C)cc2)c2c(C)cnc3ncccc23)c2ccc3c(N(c4ccc(C(C)(C)C)cc4)c4c(C)cnc5ncccc45)cc(N(c4ccc(C(C)(C)C)cc4)c4c(C)cnc5ncccc45)c4ccc1c2c43. The van der Waals surface area contributed by atoms with Gasteiger partial charge in [0.2, 0.25) is 0 Å². The highest BCUT2D eigenvalue weighted by molar-refractivity contribution is 6.33. The maximum Gasteiger partial charge on any atom is 0.161 e. The zero-order valence-corrected chi connectivity index (χ0v) is 62.3. The first-order valence-corrected chi connectivity index (χ1v) is 36.0. The summed E-state index contributed by atoms with van der Waals surface area (Å²) in [5.41, 5.74) is 22.6. The number of benzene rings is 8. The molecule has 0 aliphatic rings. The number of fused-ring (bicyclic) bond motifs is 4. The van der Waals surface area contributed by atoms with Gasteiger partial charge in [0.15, 0.2) is 22.6 Å². The van der Waals surface area contributed by atoms with E-state index in [1.54, 1.807) is 0 Å². The van der Waals surface area contributed by atoms with Crippen molar-refractivity contribution >= 4 is 145 Å². The van der Waals surface area contributed by atoms with Crippen molar-refractivity contribution < 1.29 is 0 Å². The van der Waals surface area contributed by atoms with Gasteiger partial charge in [-0.1, -0.05) is 156 Å². The van der Waals surface area contributed by atoms with Gasteiger partial charge in [-0.25, -0.2) is 39.9 Å². The van der Waals surface area contributed by atoms with Crippen molar-refractivity contribution in [1.82, 2.24) is 39.9 Å². The monoisotopic (exact) mass is 1360 g/mol. The summed E-state index contributed by atoms with van der Waals surface area (Å²) in [4.78, 5) is 49.9. The smallest absolute Gasteiger partial charge is 0.161 e. The molecule has 0 bridgehead atoms. The van der Waals surface area contributed by atoms with E-state index in [1.165, 1.54) is 22.3 Å². The van der Waals surface area contributed by atoms with Gasteiger partial charge in [-0.3, -0.25) is 0 Å². The summed E-state index contributed by atoms with van der Waals surface area (Å²) in [5, 5.41) is 9.95. The Labute approximate surface area is 609 Å². The van der Waals surface area contributed by atoms with Crippen LogP contribution in [0.15, 0.2) is 232 Å². The molecule has 0 saturated heterocycles. The van der Waals surface area contributed by atoms with E-state index in [1.807, 2.05) is 73.8 Å². The van der Waals surface area contributed by atoms with Crippen LogP contribution < -0.4 is 19.6 Å². The molecule has 0 amide bonds. The highest BCUT2D eigenvalue weighted by atomic mass is 15.2. The van der Waals surface area contributed by atoms with E-state index in [9.17, 15) is 0 Å². The Balaban J connectivity index is 1.15. The Bertz CT molecular complexity index is 5290. The highest BCUT2D eigenvalue weighted by Crippen LogP contribution is 2.58. The van der Waals surface area contributed by atoms with Crippen LogP contribution in [0, 0.1) is 27.7 Å². The molecule has 16 rings (SSSR count). The fourth-order valence-electron chi connectivity index (χ4n) is 15.3. The zero-order chi connectivity index (χ0) is 72.5. The van der Waals surface area contributed by atoms with E-state index in [4.69, 9.17) is 39.9 Å². The minimum Gasteiger partial charge on any atom is -0.309 e. The predicted molar refractivity (Wildman–Crippen MR) is 435 cm³/mol. The first-order chi connectivity index (χ1) is 49.8. The summed E-state index contributed by atoms with van der Waals surface area (Å²) in [6, 6.07) is 67.9. The Hall–Kier alpha value is -11.8. The Kier molecular flexibility index (Phi) is 16.1. The minimum atomic E-state index is -0.120. The van der Waals surface area contributed by atoms with Gasteiger partial charge < -0.3 is 19.6 Å². The highest BCUT2D eigenvalue weighted by Gasteiger charge is 2.34. The first kappa shape index (κ1) is 66.8. The van der Waals surface area contributed by atoms with Gasteiger partial charge in [-0.05, 0) is 203 Å². The lowest BCUT2D eigenvalue weighted by Gasteiger charge is -2.36. The van der Waals surface area contributed by atoms with Crippen LogP contribution in [0.3, 0.4) is 0 Å². The molecular formula is C92H86N12. The van der Waals surface area contributed by atoms with E-state index in [2.05, 4.69) is 288 Å². The predicted octanol–water partition coefficient (Wildman–Crippen LogP) is 24.7. The molecule has 0 aliphatic heterocycles. The Morgan fingerprint density at radius 1 is 0.231 bits per heavy atom. The maximum atomic E-state index is 5.03. The fourth-order valence-corrected chi connectivity index (χ4v) is 15.3. The number of aryl methyl sites for hydroxylation is 4. The van der Waals surface area contributed by atoms with Gasteiger partial charge >= 0.3 is 0 Å². The number of rotatable bonds is 12. The Morgan fingerprint density at radius 2 is 0.433 bits per heavy atom. The summed E-state index contributed by atoms with van der Waals surface area (Å²) >= 11 is 0. The molecule has 104 heavy (non-hydrogen) atoms. The lowest BCUT2D eigenvalue weighted by Crippen LogP contribution is -2.18. The number of nitrogens with zero attached hydrogens (tertiary/aromatic N) is 12. The van der Waals surface area contributed by atoms with Crippen LogP contribution in [0.2, 0.25) is 0 Å². The van der Waals surface area contributed by atoms with Crippen molar-refractivity contribution in [2.24, 2.45) is 0 Å². The lowest BCUT2D eigenvalue weighted by molar-refractivity contribution is 0.590. The van der Waals surface area contributed by atoms with E-state index < -0.39 is 0 Å². The second-order valence-electron chi connectivity index (χ2n) is 32.1. The number of hydrogen-bond donors (Lipinski definition) is 0. The van der Waals surface area contributed by atoms with E-state index in [0.29, 0.717) is 22.6 Å². The molecule has 8 aromatic carbocycles. The third kappa shape index (κ3) is 11.5. The second-order valence-corrected chi connectivity index (χ2v) is 32.1. The molecule has 0 spiro atoms. The largest absolute Gasteiger partial charge is 0.309 e. The molecule has 8 aromatic heterocycles. The van der Waals surface area contributed by atoms with Crippen molar-refractivity contribution in [3.05, 3.63) is 276 Å². The van der Waals surface area contributed by atoms with Crippen LogP contribution in [0.1, 0.15) is 128 Å². The first-order valence-electron chi connectivity index (χ1n) is 36.0. The van der Waals surface area contributed by atoms with Crippen molar-refractivity contribution in [3.8, 4) is 0 Å². The standard InChI is InChI=1S/C92H86N12/c1-55-51-97-85-71(21-17-45-93-85)81(55)101(63-33-25-59(26-34-63)89(5,6)7)75-49-76(102(64-35-27-60(28-36-64)90(8,9)10)82-56(2)52-98-86-72(82)22-18-46-94-86)68-43-44-70-78(104(66-39-31-62(32-40-66)92(14,15)16)84-58(4)54-100-88-74(84)24-20-48-96-88)50-77(69-42-41-67(75)79(68)80(69)70)103(65-37-29-61(30-38-65)91(11,12)13)83-57(3)53-99-87-73(83)23-19-47-95-87/h17-54H,1-16H3. The molecule has 12 nitrogen and oxygen atoms in total. The van der Waals surface area contributed by atoms with Crippen LogP contribution in [0.4, 0.5) is 68.2 Å².